The van der Waals surface area contributed by atoms with E-state index in [1.807, 2.05) is 12.1 Å². The highest BCUT2D eigenvalue weighted by molar-refractivity contribution is 9.10. The summed E-state index contributed by atoms with van der Waals surface area (Å²) in [6.45, 7) is 0. The van der Waals surface area contributed by atoms with E-state index in [9.17, 15) is 9.90 Å². The number of carbonyl (C=O) groups is 1. The number of rotatable bonds is 3. The zero-order chi connectivity index (χ0) is 14.2. The van der Waals surface area contributed by atoms with Crippen LogP contribution in [0.2, 0.25) is 0 Å². The fourth-order valence-corrected chi connectivity index (χ4v) is 3.78. The summed E-state index contributed by atoms with van der Waals surface area (Å²) in [7, 11) is 0. The minimum atomic E-state index is -0.463. The molecule has 0 bridgehead atoms. The molecule has 1 aromatic rings. The predicted octanol–water partition coefficient (Wildman–Crippen LogP) is 3.11. The Kier molecular flexibility index (Phi) is 3.87. The molecule has 2 unspecified atom stereocenters. The summed E-state index contributed by atoms with van der Waals surface area (Å²) >= 11 is 3.50. The normalized spacial score (nSPS) is 27.9. The van der Waals surface area contributed by atoms with Crippen LogP contribution in [0, 0.1) is 5.92 Å². The van der Waals surface area contributed by atoms with E-state index in [0.29, 0.717) is 0 Å². The van der Waals surface area contributed by atoms with Crippen LogP contribution < -0.4 is 5.32 Å². The lowest BCUT2D eigenvalue weighted by Crippen LogP contribution is -2.53. The summed E-state index contributed by atoms with van der Waals surface area (Å²) in [5, 5.41) is 13.1. The van der Waals surface area contributed by atoms with Crippen LogP contribution >= 0.6 is 15.9 Å². The number of nitrogens with one attached hydrogen (secondary N) is 1. The van der Waals surface area contributed by atoms with E-state index in [0.717, 1.165) is 43.0 Å². The molecule has 0 radical (unpaired) electrons. The molecule has 1 amide bonds. The third-order valence-corrected chi connectivity index (χ3v) is 5.26. The highest BCUT2D eigenvalue weighted by Gasteiger charge is 2.42. The van der Waals surface area contributed by atoms with E-state index in [4.69, 9.17) is 0 Å². The van der Waals surface area contributed by atoms with Crippen molar-refractivity contribution in [2.24, 2.45) is 5.92 Å². The first-order chi connectivity index (χ1) is 9.61. The van der Waals surface area contributed by atoms with Crippen molar-refractivity contribution in [2.75, 3.05) is 0 Å². The van der Waals surface area contributed by atoms with Crippen molar-refractivity contribution in [1.82, 2.24) is 5.32 Å². The van der Waals surface area contributed by atoms with E-state index >= 15 is 0 Å². The van der Waals surface area contributed by atoms with Crippen molar-refractivity contribution in [3.63, 3.8) is 0 Å². The highest BCUT2D eigenvalue weighted by Crippen LogP contribution is 2.42. The van der Waals surface area contributed by atoms with E-state index in [1.54, 1.807) is 0 Å². The molecule has 2 fully saturated rings. The van der Waals surface area contributed by atoms with Gasteiger partial charge in [0.05, 0.1) is 17.6 Å². The number of benzene rings is 1. The maximum Gasteiger partial charge on any atom is 0.226 e. The molecule has 0 aromatic heterocycles. The Balaban J connectivity index is 1.78. The molecule has 3 nitrogen and oxygen atoms in total. The smallest absolute Gasteiger partial charge is 0.226 e. The van der Waals surface area contributed by atoms with E-state index in [1.165, 1.54) is 5.56 Å². The summed E-state index contributed by atoms with van der Waals surface area (Å²) in [6, 6.07) is 8.17. The first kappa shape index (κ1) is 14.1. The van der Waals surface area contributed by atoms with Gasteiger partial charge >= 0.3 is 0 Å². The molecule has 0 heterocycles. The molecule has 2 aliphatic rings. The number of hydrogen-bond donors (Lipinski definition) is 2. The minimum absolute atomic E-state index is 0.0228. The molecule has 3 rings (SSSR count). The number of aliphatic hydroxyl groups excluding tert-OH is 1. The van der Waals surface area contributed by atoms with Gasteiger partial charge in [-0.1, -0.05) is 28.1 Å². The van der Waals surface area contributed by atoms with E-state index < -0.39 is 6.10 Å². The molecule has 2 N–H and O–H groups in total. The zero-order valence-corrected chi connectivity index (χ0v) is 13.0. The fraction of sp³-hybridized carbons (Fsp3) is 0.562. The maximum absolute atomic E-state index is 12.4. The molecule has 0 saturated heterocycles. The van der Waals surface area contributed by atoms with Gasteiger partial charge in [0, 0.05) is 4.47 Å². The van der Waals surface area contributed by atoms with Crippen molar-refractivity contribution in [3.05, 3.63) is 34.3 Å². The molecule has 2 saturated carbocycles. The Morgan fingerprint density at radius 1 is 1.30 bits per heavy atom. The average molecular weight is 338 g/mol. The van der Waals surface area contributed by atoms with Crippen molar-refractivity contribution < 1.29 is 9.90 Å². The van der Waals surface area contributed by atoms with Gasteiger partial charge in [-0.25, -0.2) is 0 Å². The second-order valence-electron chi connectivity index (χ2n) is 6.04. The van der Waals surface area contributed by atoms with Gasteiger partial charge in [0.15, 0.2) is 0 Å². The van der Waals surface area contributed by atoms with Gasteiger partial charge in [0.25, 0.3) is 0 Å². The van der Waals surface area contributed by atoms with Crippen LogP contribution in [0.3, 0.4) is 0 Å². The molecule has 1 aromatic carbocycles. The lowest BCUT2D eigenvalue weighted by molar-refractivity contribution is -0.130. The van der Waals surface area contributed by atoms with Crippen LogP contribution in [0.5, 0.6) is 0 Å². The molecule has 4 heteroatoms. The second-order valence-corrected chi connectivity index (χ2v) is 6.96. The lowest BCUT2D eigenvalue weighted by Gasteiger charge is -2.44. The fourth-order valence-electron chi connectivity index (χ4n) is 3.38. The lowest BCUT2D eigenvalue weighted by atomic mass is 9.71. The third-order valence-electron chi connectivity index (χ3n) is 4.76. The number of hydrogen-bond acceptors (Lipinski definition) is 2. The Hall–Kier alpha value is -0.870. The predicted molar refractivity (Wildman–Crippen MR) is 81.2 cm³/mol. The van der Waals surface area contributed by atoms with Gasteiger partial charge in [0.1, 0.15) is 0 Å². The van der Waals surface area contributed by atoms with Crippen LogP contribution in [0.15, 0.2) is 28.7 Å². The molecule has 2 aliphatic carbocycles. The largest absolute Gasteiger partial charge is 0.392 e. The zero-order valence-electron chi connectivity index (χ0n) is 11.4. The first-order valence-electron chi connectivity index (χ1n) is 7.37. The van der Waals surface area contributed by atoms with E-state index in [2.05, 4.69) is 33.4 Å². The molecule has 20 heavy (non-hydrogen) atoms. The van der Waals surface area contributed by atoms with Crippen molar-refractivity contribution in [3.8, 4) is 0 Å². The number of carbonyl (C=O) groups excluding carboxylic acids is 1. The van der Waals surface area contributed by atoms with Gasteiger partial charge in [-0.3, -0.25) is 4.79 Å². The maximum atomic E-state index is 12.4. The molecule has 108 valence electrons. The van der Waals surface area contributed by atoms with Gasteiger partial charge in [-0.15, -0.1) is 0 Å². The summed E-state index contributed by atoms with van der Waals surface area (Å²) in [4.78, 5) is 12.4. The summed E-state index contributed by atoms with van der Waals surface area (Å²) in [6.07, 6.45) is 5.15. The number of aliphatic hydroxyl groups is 1. The number of amides is 1. The van der Waals surface area contributed by atoms with Crippen molar-refractivity contribution in [1.29, 1.82) is 0 Å². The van der Waals surface area contributed by atoms with E-state index in [-0.39, 0.29) is 17.4 Å². The second kappa shape index (κ2) is 5.49. The molecule has 0 aliphatic heterocycles. The SMILES string of the molecule is O=C(NC1(c2cccc(Br)c2)CCC1)C1CCCC1O. The monoisotopic (exact) mass is 337 g/mol. The molecular formula is C16H20BrNO2. The Bertz CT molecular complexity index is 513. The van der Waals surface area contributed by atoms with Crippen LogP contribution in [0.1, 0.15) is 44.1 Å². The molecule has 0 spiro atoms. The van der Waals surface area contributed by atoms with Crippen LogP contribution in [0.4, 0.5) is 0 Å². The van der Waals surface area contributed by atoms with Crippen LogP contribution in [-0.4, -0.2) is 17.1 Å². The minimum Gasteiger partial charge on any atom is -0.392 e. The Morgan fingerprint density at radius 3 is 2.65 bits per heavy atom. The van der Waals surface area contributed by atoms with Crippen LogP contribution in [-0.2, 0) is 10.3 Å². The summed E-state index contributed by atoms with van der Waals surface area (Å²) < 4.78 is 1.04. The summed E-state index contributed by atoms with van der Waals surface area (Å²) in [5.41, 5.74) is 0.947. The topological polar surface area (TPSA) is 49.3 Å². The van der Waals surface area contributed by atoms with Gasteiger partial charge < -0.3 is 10.4 Å². The molecule has 2 atom stereocenters. The average Bonchev–Trinajstić information content (AvgIpc) is 2.80. The Labute approximate surface area is 127 Å². The number of halogens is 1. The van der Waals surface area contributed by atoms with Crippen LogP contribution in [0.25, 0.3) is 0 Å². The van der Waals surface area contributed by atoms with Crippen molar-refractivity contribution >= 4 is 21.8 Å². The quantitative estimate of drug-likeness (QED) is 0.890. The molecular weight excluding hydrogens is 318 g/mol. The van der Waals surface area contributed by atoms with Crippen molar-refractivity contribution in [2.45, 2.75) is 50.2 Å². The van der Waals surface area contributed by atoms with Gasteiger partial charge in [-0.05, 0) is 56.2 Å². The Morgan fingerprint density at radius 2 is 2.10 bits per heavy atom. The highest BCUT2D eigenvalue weighted by atomic mass is 79.9. The first-order valence-corrected chi connectivity index (χ1v) is 8.16. The standard InChI is InChI=1S/C16H20BrNO2/c17-12-5-1-4-11(10-12)16(8-3-9-16)18-15(20)13-6-2-7-14(13)19/h1,4-5,10,13-14,19H,2-3,6-9H2,(H,18,20). The van der Waals surface area contributed by atoms with Gasteiger partial charge in [-0.2, -0.15) is 0 Å². The third kappa shape index (κ3) is 2.51. The van der Waals surface area contributed by atoms with Gasteiger partial charge in [0.2, 0.25) is 5.91 Å². The summed E-state index contributed by atoms with van der Waals surface area (Å²) in [5.74, 6) is -0.200.